The first-order chi connectivity index (χ1) is 15.0. The minimum absolute atomic E-state index is 0.697. The van der Waals surface area contributed by atoms with E-state index in [1.165, 1.54) is 11.3 Å². The Morgan fingerprint density at radius 3 is 2.00 bits per heavy atom. The summed E-state index contributed by atoms with van der Waals surface area (Å²) in [6.07, 6.45) is 0.383. The van der Waals surface area contributed by atoms with E-state index in [1.807, 2.05) is 63.2 Å². The first-order valence-electron chi connectivity index (χ1n) is 9.66. The van der Waals surface area contributed by atoms with Crippen LogP contribution in [0.5, 0.6) is 5.75 Å². The maximum atomic E-state index is 10.3. The molecule has 11 heteroatoms. The average Bonchev–Trinajstić information content (AvgIpc) is 3.08. The summed E-state index contributed by atoms with van der Waals surface area (Å²) in [5.41, 5.74) is -0.349. The molecule has 1 heterocycles. The van der Waals surface area contributed by atoms with Crippen LogP contribution in [-0.4, -0.2) is 74.4 Å². The molecule has 1 aromatic carbocycles. The molecule has 0 spiro atoms. The number of rotatable bonds is 9. The number of carboxylic acids is 3. The van der Waals surface area contributed by atoms with Crippen LogP contribution in [0.15, 0.2) is 36.5 Å². The van der Waals surface area contributed by atoms with Gasteiger partial charge in [-0.05, 0) is 33.2 Å². The van der Waals surface area contributed by atoms with Gasteiger partial charge in [-0.3, -0.25) is 14.3 Å². The van der Waals surface area contributed by atoms with Gasteiger partial charge < -0.3 is 30.5 Å². The van der Waals surface area contributed by atoms with E-state index in [-0.39, 0.29) is 0 Å². The Hall–Kier alpha value is -3.44. The lowest BCUT2D eigenvalue weighted by Crippen LogP contribution is -2.42. The van der Waals surface area contributed by atoms with Gasteiger partial charge in [-0.15, -0.1) is 0 Å². The normalized spacial score (nSPS) is 10.2. The molecule has 0 aliphatic carbocycles. The van der Waals surface area contributed by atoms with Crippen molar-refractivity contribution in [2.75, 3.05) is 20.7 Å². The first kappa shape index (κ1) is 28.6. The third-order valence-electron chi connectivity index (χ3n) is 3.85. The van der Waals surface area contributed by atoms with E-state index in [1.54, 1.807) is 0 Å². The largest absolute Gasteiger partial charge is 0.494 e. The third-order valence-corrected chi connectivity index (χ3v) is 3.85. The topological polar surface area (TPSA) is 171 Å². The summed E-state index contributed by atoms with van der Waals surface area (Å²) in [5.74, 6) is -4.05. The Balaban J connectivity index is 0.000000547. The number of ether oxygens (including phenoxy) is 1. The second-order valence-electron chi connectivity index (χ2n) is 6.64. The van der Waals surface area contributed by atoms with Gasteiger partial charge in [0.2, 0.25) is 0 Å². The Bertz CT molecular complexity index is 850. The van der Waals surface area contributed by atoms with E-state index in [4.69, 9.17) is 25.2 Å². The lowest BCUT2D eigenvalue weighted by Gasteiger charge is -2.18. The number of nitrogens with zero attached hydrogens (tertiary/aromatic N) is 2. The molecule has 5 N–H and O–H groups in total. The predicted octanol–water partition coefficient (Wildman–Crippen LogP) is 0.997. The molecule has 0 amide bonds. The molecule has 0 fully saturated rings. The SMILES string of the molecule is CCOc1ccccc1Cc1ccnn1C.CNC.O=C(O)CC(O)(CC(=O)O)C(=O)O. The van der Waals surface area contributed by atoms with E-state index in [9.17, 15) is 14.4 Å². The van der Waals surface area contributed by atoms with Crippen LogP contribution in [0.2, 0.25) is 0 Å². The van der Waals surface area contributed by atoms with Gasteiger partial charge in [0, 0.05) is 30.9 Å². The Morgan fingerprint density at radius 1 is 1.06 bits per heavy atom. The van der Waals surface area contributed by atoms with Crippen LogP contribution in [0.4, 0.5) is 0 Å². The van der Waals surface area contributed by atoms with Crippen molar-refractivity contribution < 1.29 is 39.5 Å². The molecule has 0 bridgehead atoms. The maximum Gasteiger partial charge on any atom is 0.336 e. The number of benzene rings is 1. The van der Waals surface area contributed by atoms with Crippen LogP contribution in [0.3, 0.4) is 0 Å². The van der Waals surface area contributed by atoms with Gasteiger partial charge in [0.15, 0.2) is 5.60 Å². The molecule has 0 aliphatic heterocycles. The minimum atomic E-state index is -2.74. The molecule has 11 nitrogen and oxygen atoms in total. The van der Waals surface area contributed by atoms with E-state index in [0.717, 1.165) is 12.2 Å². The highest BCUT2D eigenvalue weighted by molar-refractivity contribution is 5.88. The van der Waals surface area contributed by atoms with Crippen molar-refractivity contribution in [1.29, 1.82) is 0 Å². The van der Waals surface area contributed by atoms with Crippen molar-refractivity contribution in [3.8, 4) is 5.75 Å². The van der Waals surface area contributed by atoms with Crippen LogP contribution >= 0.6 is 0 Å². The van der Waals surface area contributed by atoms with E-state index in [2.05, 4.69) is 16.5 Å². The molecule has 32 heavy (non-hydrogen) atoms. The van der Waals surface area contributed by atoms with Gasteiger partial charge >= 0.3 is 17.9 Å². The van der Waals surface area contributed by atoms with Gasteiger partial charge in [0.1, 0.15) is 5.75 Å². The standard InChI is InChI=1S/C13H16N2O.C6H8O7.C2H7N/c1-3-16-13-7-5-4-6-11(13)10-12-8-9-14-15(12)2;7-3(8)1-6(13,5(11)12)2-4(9)10;1-3-2/h4-9H,3,10H2,1-2H3;13H,1-2H2,(H,7,8)(H,9,10)(H,11,12);3H,1-2H3. The molecule has 0 atom stereocenters. The number of carboxylic acid groups (broad SMARTS) is 3. The summed E-state index contributed by atoms with van der Waals surface area (Å²) in [5, 5.41) is 40.7. The van der Waals surface area contributed by atoms with Crippen molar-refractivity contribution >= 4 is 17.9 Å². The fourth-order valence-electron chi connectivity index (χ4n) is 2.43. The number of nitrogens with one attached hydrogen (secondary N) is 1. The Labute approximate surface area is 186 Å². The van der Waals surface area contributed by atoms with E-state index in [0.29, 0.717) is 6.61 Å². The van der Waals surface area contributed by atoms with Crippen molar-refractivity contribution in [1.82, 2.24) is 15.1 Å². The van der Waals surface area contributed by atoms with Crippen molar-refractivity contribution in [2.24, 2.45) is 7.05 Å². The van der Waals surface area contributed by atoms with Crippen LogP contribution in [-0.2, 0) is 27.9 Å². The summed E-state index contributed by atoms with van der Waals surface area (Å²) in [7, 11) is 5.71. The maximum absolute atomic E-state index is 10.3. The number of hydrogen-bond donors (Lipinski definition) is 5. The van der Waals surface area contributed by atoms with Crippen molar-refractivity contribution in [2.45, 2.75) is 31.8 Å². The highest BCUT2D eigenvalue weighted by atomic mass is 16.5. The van der Waals surface area contributed by atoms with E-state index >= 15 is 0 Å². The fraction of sp³-hybridized carbons (Fsp3) is 0.429. The van der Waals surface area contributed by atoms with Crippen molar-refractivity contribution in [3.63, 3.8) is 0 Å². The summed E-state index contributed by atoms with van der Waals surface area (Å²) < 4.78 is 7.49. The molecule has 178 valence electrons. The molecule has 0 aliphatic rings. The third kappa shape index (κ3) is 10.5. The van der Waals surface area contributed by atoms with Gasteiger partial charge in [0.25, 0.3) is 0 Å². The zero-order valence-corrected chi connectivity index (χ0v) is 18.6. The predicted molar refractivity (Wildman–Crippen MR) is 116 cm³/mol. The van der Waals surface area contributed by atoms with Gasteiger partial charge in [-0.2, -0.15) is 5.10 Å². The summed E-state index contributed by atoms with van der Waals surface area (Å²) in [4.78, 5) is 30.5. The quantitative estimate of drug-likeness (QED) is 0.369. The van der Waals surface area contributed by atoms with Crippen LogP contribution in [0.1, 0.15) is 31.0 Å². The zero-order chi connectivity index (χ0) is 24.7. The van der Waals surface area contributed by atoms with Gasteiger partial charge in [-0.25, -0.2) is 4.79 Å². The van der Waals surface area contributed by atoms with Crippen LogP contribution in [0, 0.1) is 0 Å². The average molecular weight is 453 g/mol. The monoisotopic (exact) mass is 453 g/mol. The first-order valence-corrected chi connectivity index (χ1v) is 9.66. The van der Waals surface area contributed by atoms with E-state index < -0.39 is 36.4 Å². The molecule has 0 saturated carbocycles. The molecular weight excluding hydrogens is 422 g/mol. The number of aromatic nitrogens is 2. The Kier molecular flexibility index (Phi) is 13.0. The summed E-state index contributed by atoms with van der Waals surface area (Å²) in [6.45, 7) is 2.70. The number of hydrogen-bond acceptors (Lipinski definition) is 7. The second-order valence-corrected chi connectivity index (χ2v) is 6.64. The second kappa shape index (κ2) is 14.5. The van der Waals surface area contributed by atoms with Crippen LogP contribution in [0.25, 0.3) is 0 Å². The molecule has 0 saturated heterocycles. The molecular formula is C21H31N3O8. The van der Waals surface area contributed by atoms with Gasteiger partial charge in [-0.1, -0.05) is 18.2 Å². The smallest absolute Gasteiger partial charge is 0.336 e. The lowest BCUT2D eigenvalue weighted by molar-refractivity contribution is -0.170. The molecule has 2 aromatic rings. The highest BCUT2D eigenvalue weighted by Crippen LogP contribution is 2.21. The van der Waals surface area contributed by atoms with Gasteiger partial charge in [0.05, 0.1) is 19.4 Å². The van der Waals surface area contributed by atoms with Crippen LogP contribution < -0.4 is 10.1 Å². The molecule has 2 rings (SSSR count). The molecule has 0 unspecified atom stereocenters. The number of carbonyl (C=O) groups is 3. The molecule has 0 radical (unpaired) electrons. The number of aryl methyl sites for hydroxylation is 1. The molecule has 1 aromatic heterocycles. The number of aliphatic carboxylic acids is 3. The summed E-state index contributed by atoms with van der Waals surface area (Å²) >= 11 is 0. The number of aliphatic hydroxyl groups is 1. The fourth-order valence-corrected chi connectivity index (χ4v) is 2.43. The van der Waals surface area contributed by atoms with Crippen molar-refractivity contribution in [3.05, 3.63) is 47.8 Å². The number of para-hydroxylation sites is 1. The summed E-state index contributed by atoms with van der Waals surface area (Å²) in [6, 6.07) is 10.2. The minimum Gasteiger partial charge on any atom is -0.494 e. The zero-order valence-electron chi connectivity index (χ0n) is 18.6. The lowest BCUT2D eigenvalue weighted by atomic mass is 9.96. The Morgan fingerprint density at radius 2 is 1.59 bits per heavy atom. The highest BCUT2D eigenvalue weighted by Gasteiger charge is 2.40.